The molecule has 1 aromatic heterocycles. The van der Waals surface area contributed by atoms with Crippen LogP contribution in [0.5, 0.6) is 0 Å². The maximum Gasteiger partial charge on any atom is 0.326 e. The zero-order chi connectivity index (χ0) is 9.42. The number of imidazole rings is 1. The summed E-state index contributed by atoms with van der Waals surface area (Å²) in [6, 6.07) is 5.40. The summed E-state index contributed by atoms with van der Waals surface area (Å²) in [4.78, 5) is 14.1. The van der Waals surface area contributed by atoms with E-state index in [4.69, 9.17) is 5.73 Å². The van der Waals surface area contributed by atoms with Gasteiger partial charge in [0.05, 0.1) is 11.0 Å². The third kappa shape index (κ3) is 1.11. The Bertz CT molecular complexity index is 495. The van der Waals surface area contributed by atoms with E-state index in [9.17, 15) is 4.79 Å². The predicted molar refractivity (Wildman–Crippen MR) is 52.6 cm³/mol. The van der Waals surface area contributed by atoms with Crippen LogP contribution in [0.3, 0.4) is 0 Å². The summed E-state index contributed by atoms with van der Waals surface area (Å²) in [5, 5.41) is 0. The molecule has 1 aromatic carbocycles. The van der Waals surface area contributed by atoms with Crippen molar-refractivity contribution in [1.29, 1.82) is 0 Å². The summed E-state index contributed by atoms with van der Waals surface area (Å²) in [6.07, 6.45) is 0. The van der Waals surface area contributed by atoms with Crippen molar-refractivity contribution >= 4 is 16.7 Å². The number of nitrogen functional groups attached to an aromatic ring is 1. The minimum atomic E-state index is -0.0805. The third-order valence-electron chi connectivity index (χ3n) is 2.12. The number of hydrogen-bond acceptors (Lipinski definition) is 2. The molecule has 4 heteroatoms. The Morgan fingerprint density at radius 1 is 1.54 bits per heavy atom. The van der Waals surface area contributed by atoms with Crippen LogP contribution in [-0.4, -0.2) is 9.55 Å². The standard InChI is InChI=1S/C9H11N3O/c1-2-12-8-5-6(10)3-4-7(8)11-9(12)13/h3-5H,2,10H2,1H3,(H,11,13). The average molecular weight is 177 g/mol. The van der Waals surface area contributed by atoms with Crippen LogP contribution in [0.15, 0.2) is 23.0 Å². The molecule has 0 unspecified atom stereocenters. The molecule has 0 saturated carbocycles. The molecule has 2 aromatic rings. The minimum Gasteiger partial charge on any atom is -0.399 e. The molecular formula is C9H11N3O. The highest BCUT2D eigenvalue weighted by atomic mass is 16.1. The molecule has 3 N–H and O–H groups in total. The lowest BCUT2D eigenvalue weighted by Crippen LogP contribution is -2.14. The van der Waals surface area contributed by atoms with Gasteiger partial charge in [0.1, 0.15) is 0 Å². The summed E-state index contributed by atoms with van der Waals surface area (Å²) in [6.45, 7) is 2.58. The zero-order valence-electron chi connectivity index (χ0n) is 7.37. The van der Waals surface area contributed by atoms with E-state index in [0.717, 1.165) is 11.0 Å². The molecule has 0 aliphatic rings. The van der Waals surface area contributed by atoms with E-state index in [0.29, 0.717) is 12.2 Å². The molecular weight excluding hydrogens is 166 g/mol. The van der Waals surface area contributed by atoms with E-state index >= 15 is 0 Å². The first-order valence-corrected chi connectivity index (χ1v) is 4.20. The van der Waals surface area contributed by atoms with Crippen LogP contribution in [0.25, 0.3) is 11.0 Å². The average Bonchev–Trinajstić information content (AvgIpc) is 2.40. The van der Waals surface area contributed by atoms with Crippen molar-refractivity contribution in [2.24, 2.45) is 0 Å². The van der Waals surface area contributed by atoms with Gasteiger partial charge in [-0.2, -0.15) is 0 Å². The van der Waals surface area contributed by atoms with Gasteiger partial charge < -0.3 is 10.7 Å². The van der Waals surface area contributed by atoms with Gasteiger partial charge in [-0.1, -0.05) is 0 Å². The summed E-state index contributed by atoms with van der Waals surface area (Å²) < 4.78 is 1.66. The molecule has 0 aliphatic heterocycles. The molecule has 0 saturated heterocycles. The number of aromatic nitrogens is 2. The summed E-state index contributed by atoms with van der Waals surface area (Å²) in [5.74, 6) is 0. The number of hydrogen-bond donors (Lipinski definition) is 2. The highest BCUT2D eigenvalue weighted by molar-refractivity contribution is 5.78. The number of rotatable bonds is 1. The monoisotopic (exact) mass is 177 g/mol. The SMILES string of the molecule is CCn1c(=O)[nH]c2ccc(N)cc21. The molecule has 68 valence electrons. The number of fused-ring (bicyclic) bond motifs is 1. The van der Waals surface area contributed by atoms with Crippen molar-refractivity contribution in [3.63, 3.8) is 0 Å². The zero-order valence-corrected chi connectivity index (χ0v) is 7.37. The Morgan fingerprint density at radius 2 is 2.31 bits per heavy atom. The van der Waals surface area contributed by atoms with Gasteiger partial charge in [-0.05, 0) is 25.1 Å². The largest absolute Gasteiger partial charge is 0.399 e. The number of benzene rings is 1. The van der Waals surface area contributed by atoms with Crippen LogP contribution in [0.4, 0.5) is 5.69 Å². The second-order valence-corrected chi connectivity index (χ2v) is 2.95. The summed E-state index contributed by atoms with van der Waals surface area (Å²) in [7, 11) is 0. The molecule has 13 heavy (non-hydrogen) atoms. The van der Waals surface area contributed by atoms with Crippen molar-refractivity contribution in [2.75, 3.05) is 5.73 Å². The van der Waals surface area contributed by atoms with E-state index < -0.39 is 0 Å². The van der Waals surface area contributed by atoms with Crippen LogP contribution >= 0.6 is 0 Å². The van der Waals surface area contributed by atoms with Gasteiger partial charge in [0.15, 0.2) is 0 Å². The quantitative estimate of drug-likeness (QED) is 0.636. The number of nitrogens with one attached hydrogen (secondary N) is 1. The Balaban J connectivity index is 2.89. The molecule has 0 bridgehead atoms. The Morgan fingerprint density at radius 3 is 3.00 bits per heavy atom. The number of aromatic amines is 1. The third-order valence-corrected chi connectivity index (χ3v) is 2.12. The van der Waals surface area contributed by atoms with Crippen molar-refractivity contribution in [3.05, 3.63) is 28.7 Å². The van der Waals surface area contributed by atoms with Crippen molar-refractivity contribution in [1.82, 2.24) is 9.55 Å². The van der Waals surface area contributed by atoms with E-state index in [1.165, 1.54) is 0 Å². The summed E-state index contributed by atoms with van der Waals surface area (Å²) in [5.41, 5.74) is 7.92. The van der Waals surface area contributed by atoms with Crippen LogP contribution < -0.4 is 11.4 Å². The first-order chi connectivity index (χ1) is 6.22. The number of H-pyrrole nitrogens is 1. The van der Waals surface area contributed by atoms with Crippen molar-refractivity contribution in [2.45, 2.75) is 13.5 Å². The van der Waals surface area contributed by atoms with Crippen molar-refractivity contribution < 1.29 is 0 Å². The molecule has 0 radical (unpaired) electrons. The molecule has 0 amide bonds. The van der Waals surface area contributed by atoms with Gasteiger partial charge in [-0.15, -0.1) is 0 Å². The first kappa shape index (κ1) is 7.91. The molecule has 2 rings (SSSR count). The number of anilines is 1. The van der Waals surface area contributed by atoms with Crippen LogP contribution in [0.2, 0.25) is 0 Å². The highest BCUT2D eigenvalue weighted by Crippen LogP contribution is 2.13. The van der Waals surface area contributed by atoms with Gasteiger partial charge in [0, 0.05) is 12.2 Å². The van der Waals surface area contributed by atoms with E-state index in [1.54, 1.807) is 16.7 Å². The Kier molecular flexibility index (Phi) is 1.62. The van der Waals surface area contributed by atoms with E-state index in [-0.39, 0.29) is 5.69 Å². The fraction of sp³-hybridized carbons (Fsp3) is 0.222. The molecule has 0 spiro atoms. The number of nitrogens with two attached hydrogens (primary N) is 1. The lowest BCUT2D eigenvalue weighted by Gasteiger charge is -1.97. The lowest BCUT2D eigenvalue weighted by atomic mass is 10.3. The number of nitrogens with zero attached hydrogens (tertiary/aromatic N) is 1. The molecule has 1 heterocycles. The van der Waals surface area contributed by atoms with E-state index in [2.05, 4.69) is 4.98 Å². The van der Waals surface area contributed by atoms with Crippen LogP contribution in [0.1, 0.15) is 6.92 Å². The molecule has 4 nitrogen and oxygen atoms in total. The van der Waals surface area contributed by atoms with Gasteiger partial charge in [0.2, 0.25) is 0 Å². The summed E-state index contributed by atoms with van der Waals surface area (Å²) >= 11 is 0. The van der Waals surface area contributed by atoms with Crippen molar-refractivity contribution in [3.8, 4) is 0 Å². The maximum atomic E-state index is 11.3. The Labute approximate surface area is 75.0 Å². The van der Waals surface area contributed by atoms with Gasteiger partial charge in [-0.3, -0.25) is 4.57 Å². The first-order valence-electron chi connectivity index (χ1n) is 4.20. The maximum absolute atomic E-state index is 11.3. The van der Waals surface area contributed by atoms with Crippen LogP contribution in [-0.2, 0) is 6.54 Å². The smallest absolute Gasteiger partial charge is 0.326 e. The van der Waals surface area contributed by atoms with Gasteiger partial charge >= 0.3 is 5.69 Å². The Hall–Kier alpha value is -1.71. The number of aryl methyl sites for hydroxylation is 1. The topological polar surface area (TPSA) is 63.8 Å². The molecule has 0 atom stereocenters. The van der Waals surface area contributed by atoms with E-state index in [1.807, 2.05) is 13.0 Å². The fourth-order valence-electron chi connectivity index (χ4n) is 1.48. The second kappa shape index (κ2) is 2.65. The molecule has 0 aliphatic carbocycles. The predicted octanol–water partition coefficient (Wildman–Crippen LogP) is 0.932. The fourth-order valence-corrected chi connectivity index (χ4v) is 1.48. The highest BCUT2D eigenvalue weighted by Gasteiger charge is 2.03. The van der Waals surface area contributed by atoms with Gasteiger partial charge in [-0.25, -0.2) is 4.79 Å². The lowest BCUT2D eigenvalue weighted by molar-refractivity contribution is 0.753. The van der Waals surface area contributed by atoms with Gasteiger partial charge in [0.25, 0.3) is 0 Å². The second-order valence-electron chi connectivity index (χ2n) is 2.95. The van der Waals surface area contributed by atoms with Crippen LogP contribution in [0, 0.1) is 0 Å². The minimum absolute atomic E-state index is 0.0805. The normalized spacial score (nSPS) is 10.8. The molecule has 0 fully saturated rings.